The predicted molar refractivity (Wildman–Crippen MR) is 149 cm³/mol. The molecule has 1 aromatic carbocycles. The summed E-state index contributed by atoms with van der Waals surface area (Å²) in [5.41, 5.74) is 9.94. The van der Waals surface area contributed by atoms with E-state index in [1.54, 1.807) is 0 Å². The number of amides is 2. The third-order valence-corrected chi connectivity index (χ3v) is 6.50. The van der Waals surface area contributed by atoms with Crippen LogP contribution in [0.3, 0.4) is 0 Å². The van der Waals surface area contributed by atoms with Crippen LogP contribution >= 0.6 is 71.5 Å². The maximum Gasteiger partial charge on any atom is 0.217 e. The number of carbonyl (C=O) groups is 2. The molecule has 5 nitrogen and oxygen atoms in total. The van der Waals surface area contributed by atoms with Crippen LogP contribution in [0.4, 0.5) is 0 Å². The first-order chi connectivity index (χ1) is 15.0. The molecule has 0 saturated carbocycles. The molecule has 194 valence electrons. The summed E-state index contributed by atoms with van der Waals surface area (Å²) in [7, 11) is 0. The van der Waals surface area contributed by atoms with Gasteiger partial charge >= 0.3 is 0 Å². The summed E-state index contributed by atoms with van der Waals surface area (Å²) in [5.74, 6) is -0.703. The van der Waals surface area contributed by atoms with Crippen LogP contribution < -0.4 is 11.5 Å². The molecule has 33 heavy (non-hydrogen) atoms. The molecule has 0 atom stereocenters. The Labute approximate surface area is 230 Å². The van der Waals surface area contributed by atoms with E-state index in [9.17, 15) is 14.7 Å². The molecular formula is C22H37Cl5N2O3S. The molecule has 0 saturated heterocycles. The van der Waals surface area contributed by atoms with E-state index in [2.05, 4.69) is 13.8 Å². The van der Waals surface area contributed by atoms with E-state index in [1.165, 1.54) is 38.5 Å². The Hall–Kier alpha value is -0.240. The average Bonchev–Trinajstić information content (AvgIpc) is 2.75. The number of phenols is 1. The number of benzene rings is 1. The summed E-state index contributed by atoms with van der Waals surface area (Å²) in [5, 5.41) is 9.01. The summed E-state index contributed by atoms with van der Waals surface area (Å²) in [4.78, 5) is 20.5. The van der Waals surface area contributed by atoms with Crippen molar-refractivity contribution in [1.29, 1.82) is 0 Å². The van der Waals surface area contributed by atoms with Gasteiger partial charge in [0.1, 0.15) is 10.0 Å². The second-order valence-corrected chi connectivity index (χ2v) is 9.07. The summed E-state index contributed by atoms with van der Waals surface area (Å²) >= 11 is 27.9. The van der Waals surface area contributed by atoms with Gasteiger partial charge in [-0.15, -0.1) is 0 Å². The molecule has 5 N–H and O–H groups in total. The van der Waals surface area contributed by atoms with Crippen molar-refractivity contribution in [3.8, 4) is 5.75 Å². The molecule has 0 radical (unpaired) electrons. The van der Waals surface area contributed by atoms with Crippen LogP contribution in [-0.2, 0) is 9.59 Å². The molecule has 0 spiro atoms. The number of unbranched alkanes of at least 4 members (excludes halogenated alkanes) is 8. The minimum atomic E-state index is -0.363. The van der Waals surface area contributed by atoms with Crippen molar-refractivity contribution in [1.82, 2.24) is 0 Å². The first-order valence-electron chi connectivity index (χ1n) is 10.8. The van der Waals surface area contributed by atoms with Crippen LogP contribution in [0.1, 0.15) is 90.9 Å². The number of nitrogens with two attached hydrogens (primary N) is 2. The molecule has 0 aliphatic heterocycles. The van der Waals surface area contributed by atoms with Crippen LogP contribution in [0, 0.1) is 0 Å². The number of primary amides is 2. The number of phenolic OH excluding ortho intramolecular Hbond substituents is 1. The Kier molecular flexibility index (Phi) is 26.6. The van der Waals surface area contributed by atoms with Crippen LogP contribution in [0.15, 0.2) is 0 Å². The van der Waals surface area contributed by atoms with Crippen molar-refractivity contribution in [2.75, 3.05) is 0 Å². The second-order valence-electron chi connectivity index (χ2n) is 7.18. The van der Waals surface area contributed by atoms with Gasteiger partial charge < -0.3 is 16.6 Å². The lowest BCUT2D eigenvalue weighted by atomic mass is 10.1. The largest absolute Gasteiger partial charge is 0.505 e. The van der Waals surface area contributed by atoms with Gasteiger partial charge in [-0.2, -0.15) is 13.5 Å². The molecular weight excluding hydrogens is 550 g/mol. The van der Waals surface area contributed by atoms with E-state index < -0.39 is 0 Å². The third-order valence-electron chi connectivity index (χ3n) is 4.24. The quantitative estimate of drug-likeness (QED) is 0.130. The molecule has 0 unspecified atom stereocenters. The monoisotopic (exact) mass is 584 g/mol. The van der Waals surface area contributed by atoms with Gasteiger partial charge in [0, 0.05) is 12.8 Å². The lowest BCUT2D eigenvalue weighted by Crippen LogP contribution is -2.09. The van der Waals surface area contributed by atoms with Crippen LogP contribution in [0.2, 0.25) is 25.1 Å². The maximum atomic E-state index is 10.3. The van der Waals surface area contributed by atoms with Crippen molar-refractivity contribution in [3.63, 3.8) is 0 Å². The lowest BCUT2D eigenvalue weighted by molar-refractivity contribution is -0.119. The summed E-state index contributed by atoms with van der Waals surface area (Å²) in [6, 6.07) is 0. The highest BCUT2D eigenvalue weighted by atomic mass is 35.5. The maximum absolute atomic E-state index is 10.3. The molecule has 0 aliphatic carbocycles. The summed E-state index contributed by atoms with van der Waals surface area (Å²) < 4.78 is 0. The Morgan fingerprint density at radius 1 is 0.606 bits per heavy atom. The summed E-state index contributed by atoms with van der Waals surface area (Å²) in [6.45, 7) is 4.35. The Morgan fingerprint density at radius 3 is 1.15 bits per heavy atom. The smallest absolute Gasteiger partial charge is 0.217 e. The zero-order valence-electron chi connectivity index (χ0n) is 19.3. The molecule has 2 amide bonds. The molecule has 0 bridgehead atoms. The number of hydrogen-bond acceptors (Lipinski definition) is 3. The van der Waals surface area contributed by atoms with Crippen molar-refractivity contribution >= 4 is 83.3 Å². The third kappa shape index (κ3) is 19.7. The van der Waals surface area contributed by atoms with E-state index in [0.717, 1.165) is 25.7 Å². The van der Waals surface area contributed by atoms with Gasteiger partial charge in [-0.1, -0.05) is 123 Å². The SMILES string of the molecule is CCCCCCCC(N)=O.CCCCCCCC(N)=O.Oc1c(Cl)c(Cl)c(Cl)c(Cl)c1Cl.S. The van der Waals surface area contributed by atoms with Gasteiger partial charge in [0.25, 0.3) is 0 Å². The van der Waals surface area contributed by atoms with E-state index in [1.807, 2.05) is 0 Å². The van der Waals surface area contributed by atoms with Gasteiger partial charge in [0.2, 0.25) is 11.8 Å². The van der Waals surface area contributed by atoms with Crippen molar-refractivity contribution in [2.24, 2.45) is 11.5 Å². The van der Waals surface area contributed by atoms with E-state index in [0.29, 0.717) is 12.8 Å². The van der Waals surface area contributed by atoms with E-state index >= 15 is 0 Å². The fourth-order valence-electron chi connectivity index (χ4n) is 2.40. The van der Waals surface area contributed by atoms with Crippen LogP contribution in [0.25, 0.3) is 0 Å². The number of halogens is 5. The molecule has 11 heteroatoms. The number of aromatic hydroxyl groups is 1. The first-order valence-corrected chi connectivity index (χ1v) is 12.7. The first kappa shape index (κ1) is 37.3. The van der Waals surface area contributed by atoms with Crippen LogP contribution in [0.5, 0.6) is 5.75 Å². The Morgan fingerprint density at radius 2 is 0.879 bits per heavy atom. The molecule has 0 heterocycles. The molecule has 0 aromatic heterocycles. The highest BCUT2D eigenvalue weighted by Crippen LogP contribution is 2.47. The molecule has 0 fully saturated rings. The highest BCUT2D eigenvalue weighted by Gasteiger charge is 2.18. The zero-order chi connectivity index (χ0) is 25.1. The predicted octanol–water partition coefficient (Wildman–Crippen LogP) is 8.44. The number of carbonyl (C=O) groups excluding carboxylic acids is 2. The second kappa shape index (κ2) is 23.5. The Bertz CT molecular complexity index is 565. The van der Waals surface area contributed by atoms with Crippen molar-refractivity contribution < 1.29 is 14.7 Å². The minimum Gasteiger partial charge on any atom is -0.505 e. The summed E-state index contributed by atoms with van der Waals surface area (Å²) in [6.07, 6.45) is 12.9. The van der Waals surface area contributed by atoms with E-state index in [-0.39, 0.29) is 56.2 Å². The average molecular weight is 587 g/mol. The van der Waals surface area contributed by atoms with Crippen molar-refractivity contribution in [2.45, 2.75) is 90.9 Å². The van der Waals surface area contributed by atoms with Gasteiger partial charge in [-0.25, -0.2) is 0 Å². The fraction of sp³-hybridized carbons (Fsp3) is 0.636. The standard InChI is InChI=1S/2C8H17NO.C6HCl5O.H2S/c2*1-2-3-4-5-6-7-8(9)10;7-1-2(8)4(10)6(12)5(11)3(1)9;/h2*2-7H2,1H3,(H2,9,10);12H;1H2. The van der Waals surface area contributed by atoms with E-state index in [4.69, 9.17) is 69.5 Å². The zero-order valence-corrected chi connectivity index (χ0v) is 24.1. The lowest BCUT2D eigenvalue weighted by Gasteiger charge is -2.06. The number of hydrogen-bond donors (Lipinski definition) is 3. The van der Waals surface area contributed by atoms with Gasteiger partial charge in [0.05, 0.1) is 15.1 Å². The van der Waals surface area contributed by atoms with Gasteiger partial charge in [-0.05, 0) is 12.8 Å². The highest BCUT2D eigenvalue weighted by molar-refractivity contribution is 7.59. The van der Waals surface area contributed by atoms with Gasteiger partial charge in [-0.3, -0.25) is 9.59 Å². The topological polar surface area (TPSA) is 106 Å². The molecule has 1 rings (SSSR count). The van der Waals surface area contributed by atoms with Crippen molar-refractivity contribution in [3.05, 3.63) is 25.1 Å². The fourth-order valence-corrected chi connectivity index (χ4v) is 3.53. The number of rotatable bonds is 12. The molecule has 1 aromatic rings. The minimum absolute atomic E-state index is 0. The normalized spacial score (nSPS) is 9.67. The van der Waals surface area contributed by atoms with Gasteiger partial charge in [0.15, 0.2) is 5.75 Å². The molecule has 0 aliphatic rings. The van der Waals surface area contributed by atoms with Crippen LogP contribution in [-0.4, -0.2) is 16.9 Å². The Balaban J connectivity index is -0.000000406.